The molecule has 0 unspecified atom stereocenters. The fraction of sp³-hybridized carbons (Fsp3) is 0.318. The molecule has 1 amide bonds. The molecule has 2 heterocycles. The van der Waals surface area contributed by atoms with E-state index in [0.717, 1.165) is 43.2 Å². The molecular formula is C22H25N5O3. The smallest absolute Gasteiger partial charge is 0.247 e. The van der Waals surface area contributed by atoms with Crippen molar-refractivity contribution in [1.29, 1.82) is 0 Å². The van der Waals surface area contributed by atoms with Crippen molar-refractivity contribution in [2.45, 2.75) is 6.54 Å². The highest BCUT2D eigenvalue weighted by Crippen LogP contribution is 2.19. The van der Waals surface area contributed by atoms with Gasteiger partial charge in [-0.3, -0.25) is 9.69 Å². The summed E-state index contributed by atoms with van der Waals surface area (Å²) < 4.78 is 11.1. The van der Waals surface area contributed by atoms with Crippen LogP contribution in [0.2, 0.25) is 0 Å². The number of aromatic nitrogens is 2. The number of carbonyl (C=O) groups excluding carboxylic acids is 1. The van der Waals surface area contributed by atoms with Crippen LogP contribution in [0.25, 0.3) is 11.5 Å². The number of rotatable bonds is 7. The Morgan fingerprint density at radius 2 is 1.80 bits per heavy atom. The van der Waals surface area contributed by atoms with Crippen LogP contribution in [-0.2, 0) is 16.1 Å². The molecule has 1 fully saturated rings. The standard InChI is InChI=1S/C22H25N5O3/c1-26(16-21-24-25-22(30-21)17-5-3-2-4-6-17)15-20(28)23-18-7-9-19(10-8-18)27-11-13-29-14-12-27/h2-10H,11-16H2,1H3,(H,23,28). The molecule has 1 aliphatic heterocycles. The van der Waals surface area contributed by atoms with Crippen LogP contribution < -0.4 is 10.2 Å². The van der Waals surface area contributed by atoms with Crippen LogP contribution in [0.15, 0.2) is 59.0 Å². The molecule has 1 saturated heterocycles. The Morgan fingerprint density at radius 1 is 1.07 bits per heavy atom. The van der Waals surface area contributed by atoms with E-state index in [9.17, 15) is 4.79 Å². The summed E-state index contributed by atoms with van der Waals surface area (Å²) in [6.45, 7) is 3.88. The van der Waals surface area contributed by atoms with Gasteiger partial charge in [-0.2, -0.15) is 0 Å². The minimum Gasteiger partial charge on any atom is -0.419 e. The molecule has 156 valence electrons. The molecule has 0 radical (unpaired) electrons. The van der Waals surface area contributed by atoms with E-state index in [0.29, 0.717) is 18.3 Å². The lowest BCUT2D eigenvalue weighted by molar-refractivity contribution is -0.117. The van der Waals surface area contributed by atoms with Gasteiger partial charge in [0.2, 0.25) is 17.7 Å². The van der Waals surface area contributed by atoms with Gasteiger partial charge in [0.05, 0.1) is 26.3 Å². The van der Waals surface area contributed by atoms with Gasteiger partial charge >= 0.3 is 0 Å². The van der Waals surface area contributed by atoms with Crippen molar-refractivity contribution in [1.82, 2.24) is 15.1 Å². The summed E-state index contributed by atoms with van der Waals surface area (Å²) in [7, 11) is 1.84. The lowest BCUT2D eigenvalue weighted by Gasteiger charge is -2.28. The zero-order valence-electron chi connectivity index (χ0n) is 17.0. The molecule has 1 N–H and O–H groups in total. The highest BCUT2D eigenvalue weighted by atomic mass is 16.5. The summed E-state index contributed by atoms with van der Waals surface area (Å²) in [6, 6.07) is 17.5. The van der Waals surface area contributed by atoms with Crippen LogP contribution >= 0.6 is 0 Å². The van der Waals surface area contributed by atoms with E-state index in [1.807, 2.05) is 66.5 Å². The monoisotopic (exact) mass is 407 g/mol. The number of benzene rings is 2. The molecule has 0 aliphatic carbocycles. The Morgan fingerprint density at radius 3 is 2.53 bits per heavy atom. The van der Waals surface area contributed by atoms with Crippen LogP contribution in [0.4, 0.5) is 11.4 Å². The predicted octanol–water partition coefficient (Wildman–Crippen LogP) is 2.64. The number of hydrogen-bond acceptors (Lipinski definition) is 7. The predicted molar refractivity (Wildman–Crippen MR) is 114 cm³/mol. The van der Waals surface area contributed by atoms with Crippen molar-refractivity contribution in [2.75, 3.05) is 50.1 Å². The molecule has 0 atom stereocenters. The van der Waals surface area contributed by atoms with Crippen LogP contribution in [-0.4, -0.2) is 60.9 Å². The van der Waals surface area contributed by atoms with Gasteiger partial charge in [-0.1, -0.05) is 18.2 Å². The topological polar surface area (TPSA) is 83.7 Å². The number of anilines is 2. The molecule has 1 aliphatic rings. The van der Waals surface area contributed by atoms with E-state index < -0.39 is 0 Å². The second kappa shape index (κ2) is 9.51. The maximum absolute atomic E-state index is 12.4. The van der Waals surface area contributed by atoms with Gasteiger partial charge in [-0.15, -0.1) is 10.2 Å². The fourth-order valence-electron chi connectivity index (χ4n) is 3.32. The summed E-state index contributed by atoms with van der Waals surface area (Å²) >= 11 is 0. The zero-order valence-corrected chi connectivity index (χ0v) is 17.0. The maximum atomic E-state index is 12.4. The third-order valence-electron chi connectivity index (χ3n) is 4.83. The molecule has 2 aromatic carbocycles. The minimum absolute atomic E-state index is 0.0978. The average molecular weight is 407 g/mol. The van der Waals surface area contributed by atoms with E-state index in [2.05, 4.69) is 20.4 Å². The maximum Gasteiger partial charge on any atom is 0.247 e. The highest BCUT2D eigenvalue weighted by molar-refractivity contribution is 5.92. The molecule has 30 heavy (non-hydrogen) atoms. The first-order valence-electron chi connectivity index (χ1n) is 9.96. The van der Waals surface area contributed by atoms with Gasteiger partial charge in [0, 0.05) is 30.0 Å². The van der Waals surface area contributed by atoms with Crippen molar-refractivity contribution >= 4 is 17.3 Å². The molecule has 0 bridgehead atoms. The van der Waals surface area contributed by atoms with Crippen molar-refractivity contribution in [3.05, 3.63) is 60.5 Å². The van der Waals surface area contributed by atoms with Gasteiger partial charge < -0.3 is 19.4 Å². The Hall–Kier alpha value is -3.23. The number of nitrogens with zero attached hydrogens (tertiary/aromatic N) is 4. The van der Waals surface area contributed by atoms with Gasteiger partial charge in [-0.05, 0) is 43.4 Å². The SMILES string of the molecule is CN(CC(=O)Nc1ccc(N2CCOCC2)cc1)Cc1nnc(-c2ccccc2)o1. The number of hydrogen-bond donors (Lipinski definition) is 1. The van der Waals surface area contributed by atoms with Crippen molar-refractivity contribution in [2.24, 2.45) is 0 Å². The van der Waals surface area contributed by atoms with Crippen LogP contribution in [0.5, 0.6) is 0 Å². The number of morpholine rings is 1. The fourth-order valence-corrected chi connectivity index (χ4v) is 3.32. The summed E-state index contributed by atoms with van der Waals surface area (Å²) in [6.07, 6.45) is 0. The lowest BCUT2D eigenvalue weighted by Crippen LogP contribution is -2.36. The van der Waals surface area contributed by atoms with E-state index in [4.69, 9.17) is 9.15 Å². The van der Waals surface area contributed by atoms with Crippen molar-refractivity contribution in [3.63, 3.8) is 0 Å². The number of nitrogens with one attached hydrogen (secondary N) is 1. The number of amides is 1. The van der Waals surface area contributed by atoms with Crippen LogP contribution in [0.1, 0.15) is 5.89 Å². The molecule has 8 heteroatoms. The third kappa shape index (κ3) is 5.22. The molecule has 0 spiro atoms. The Bertz CT molecular complexity index is 952. The Balaban J connectivity index is 1.27. The molecule has 8 nitrogen and oxygen atoms in total. The quantitative estimate of drug-likeness (QED) is 0.645. The van der Waals surface area contributed by atoms with Crippen molar-refractivity contribution in [3.8, 4) is 11.5 Å². The average Bonchev–Trinajstić information content (AvgIpc) is 3.23. The third-order valence-corrected chi connectivity index (χ3v) is 4.83. The summed E-state index contributed by atoms with van der Waals surface area (Å²) in [4.78, 5) is 16.5. The summed E-state index contributed by atoms with van der Waals surface area (Å²) in [5.74, 6) is 0.849. The van der Waals surface area contributed by atoms with E-state index in [-0.39, 0.29) is 12.5 Å². The second-order valence-corrected chi connectivity index (χ2v) is 7.23. The number of carbonyl (C=O) groups is 1. The van der Waals surface area contributed by atoms with Crippen LogP contribution in [0, 0.1) is 0 Å². The molecule has 1 aromatic heterocycles. The highest BCUT2D eigenvalue weighted by Gasteiger charge is 2.14. The Kier molecular flexibility index (Phi) is 6.36. The molecule has 4 rings (SSSR count). The number of likely N-dealkylation sites (N-methyl/N-ethyl adjacent to an activating group) is 1. The summed E-state index contributed by atoms with van der Waals surface area (Å²) in [5, 5.41) is 11.1. The lowest BCUT2D eigenvalue weighted by atomic mass is 10.2. The van der Waals surface area contributed by atoms with Gasteiger partial charge in [-0.25, -0.2) is 0 Å². The van der Waals surface area contributed by atoms with E-state index in [1.165, 1.54) is 0 Å². The minimum atomic E-state index is -0.0978. The molecular weight excluding hydrogens is 382 g/mol. The zero-order chi connectivity index (χ0) is 20.8. The van der Waals surface area contributed by atoms with E-state index in [1.54, 1.807) is 0 Å². The second-order valence-electron chi connectivity index (χ2n) is 7.23. The summed E-state index contributed by atoms with van der Waals surface area (Å²) in [5.41, 5.74) is 2.78. The van der Waals surface area contributed by atoms with Gasteiger partial charge in [0.15, 0.2) is 0 Å². The normalized spacial score (nSPS) is 14.1. The van der Waals surface area contributed by atoms with Gasteiger partial charge in [0.1, 0.15) is 0 Å². The van der Waals surface area contributed by atoms with Crippen molar-refractivity contribution < 1.29 is 13.9 Å². The van der Waals surface area contributed by atoms with Crippen LogP contribution in [0.3, 0.4) is 0 Å². The largest absolute Gasteiger partial charge is 0.419 e. The molecule has 3 aromatic rings. The van der Waals surface area contributed by atoms with E-state index >= 15 is 0 Å². The number of ether oxygens (including phenoxy) is 1. The first kappa shape index (κ1) is 20.1. The first-order chi connectivity index (χ1) is 14.7. The van der Waals surface area contributed by atoms with Gasteiger partial charge in [0.25, 0.3) is 0 Å². The first-order valence-corrected chi connectivity index (χ1v) is 9.96. The Labute approximate surface area is 175 Å². The molecule has 0 saturated carbocycles.